The van der Waals surface area contributed by atoms with Gasteiger partial charge in [0.05, 0.1) is 25.5 Å². The molecule has 1 aliphatic carbocycles. The number of carbonyl (C=O) groups excluding carboxylic acids is 2. The fraction of sp³-hybridized carbons (Fsp3) is 0.300. The van der Waals surface area contributed by atoms with Crippen molar-refractivity contribution in [1.29, 1.82) is 0 Å². The quantitative estimate of drug-likeness (QED) is 0.838. The van der Waals surface area contributed by atoms with Crippen LogP contribution >= 0.6 is 0 Å². The summed E-state index contributed by atoms with van der Waals surface area (Å²) in [6, 6.07) is 7.63. The van der Waals surface area contributed by atoms with Gasteiger partial charge in [0.1, 0.15) is 23.1 Å². The molecule has 0 fully saturated rings. The zero-order chi connectivity index (χ0) is 19.6. The van der Waals surface area contributed by atoms with Crippen molar-refractivity contribution >= 4 is 17.4 Å². The van der Waals surface area contributed by atoms with Gasteiger partial charge in [-0.3, -0.25) is 9.59 Å². The van der Waals surface area contributed by atoms with Crippen LogP contribution in [0.15, 0.2) is 30.3 Å². The Kier molecular flexibility index (Phi) is 5.30. The van der Waals surface area contributed by atoms with E-state index in [1.165, 1.54) is 26.4 Å². The second kappa shape index (κ2) is 7.65. The van der Waals surface area contributed by atoms with Gasteiger partial charge in [0.25, 0.3) is 5.91 Å². The number of halogens is 1. The van der Waals surface area contributed by atoms with Gasteiger partial charge >= 0.3 is 0 Å². The van der Waals surface area contributed by atoms with Crippen molar-refractivity contribution in [1.82, 2.24) is 0 Å². The Bertz CT molecular complexity index is 896. The molecule has 0 heterocycles. The number of hydrogen-bond acceptors (Lipinski definition) is 5. The smallest absolute Gasteiger partial charge is 0.262 e. The largest absolute Gasteiger partial charge is 0.497 e. The SMILES string of the molecule is COc1ccc(OC)c(NC(=O)COc2ccc(F)c3c2C(=O)C[C@H]3C)c1. The van der Waals surface area contributed by atoms with E-state index in [1.807, 2.05) is 0 Å². The number of rotatable bonds is 6. The minimum Gasteiger partial charge on any atom is -0.497 e. The maximum atomic E-state index is 14.0. The van der Waals surface area contributed by atoms with Crippen LogP contribution in [0.4, 0.5) is 10.1 Å². The summed E-state index contributed by atoms with van der Waals surface area (Å²) >= 11 is 0. The highest BCUT2D eigenvalue weighted by atomic mass is 19.1. The number of amides is 1. The summed E-state index contributed by atoms with van der Waals surface area (Å²) in [7, 11) is 3.01. The molecule has 1 amide bonds. The monoisotopic (exact) mass is 373 g/mol. The van der Waals surface area contributed by atoms with Crippen LogP contribution in [-0.4, -0.2) is 32.5 Å². The second-order valence-corrected chi connectivity index (χ2v) is 6.27. The van der Waals surface area contributed by atoms with Gasteiger partial charge in [0.15, 0.2) is 12.4 Å². The van der Waals surface area contributed by atoms with Gasteiger partial charge in [-0.05, 0) is 30.2 Å². The van der Waals surface area contributed by atoms with E-state index in [1.54, 1.807) is 25.1 Å². The third-order valence-electron chi connectivity index (χ3n) is 4.46. The first-order valence-corrected chi connectivity index (χ1v) is 8.44. The maximum Gasteiger partial charge on any atom is 0.262 e. The Morgan fingerprint density at radius 1 is 1.19 bits per heavy atom. The lowest BCUT2D eigenvalue weighted by Gasteiger charge is -2.14. The molecule has 1 atom stereocenters. The van der Waals surface area contributed by atoms with Crippen LogP contribution < -0.4 is 19.5 Å². The number of ether oxygens (including phenoxy) is 3. The van der Waals surface area contributed by atoms with Crippen molar-refractivity contribution in [2.45, 2.75) is 19.3 Å². The van der Waals surface area contributed by atoms with E-state index >= 15 is 0 Å². The van der Waals surface area contributed by atoms with E-state index < -0.39 is 11.7 Å². The summed E-state index contributed by atoms with van der Waals surface area (Å²) in [6.07, 6.45) is 0.236. The number of benzene rings is 2. The van der Waals surface area contributed by atoms with Crippen molar-refractivity contribution in [2.24, 2.45) is 0 Å². The summed E-state index contributed by atoms with van der Waals surface area (Å²) in [6.45, 7) is 1.46. The zero-order valence-corrected chi connectivity index (χ0v) is 15.3. The molecule has 27 heavy (non-hydrogen) atoms. The summed E-state index contributed by atoms with van der Waals surface area (Å²) in [4.78, 5) is 24.4. The Labute approximate surface area is 156 Å². The third-order valence-corrected chi connectivity index (χ3v) is 4.46. The molecule has 2 aromatic rings. The number of carbonyl (C=O) groups is 2. The molecule has 0 spiro atoms. The highest BCUT2D eigenvalue weighted by Gasteiger charge is 2.32. The number of ketones is 1. The van der Waals surface area contributed by atoms with Crippen molar-refractivity contribution in [2.75, 3.05) is 26.1 Å². The lowest BCUT2D eigenvalue weighted by molar-refractivity contribution is -0.118. The van der Waals surface area contributed by atoms with E-state index in [0.29, 0.717) is 22.7 Å². The van der Waals surface area contributed by atoms with Gasteiger partial charge in [0.2, 0.25) is 0 Å². The summed E-state index contributed by atoms with van der Waals surface area (Å²) < 4.78 is 29.9. The second-order valence-electron chi connectivity index (χ2n) is 6.27. The van der Waals surface area contributed by atoms with Crippen LogP contribution in [0.25, 0.3) is 0 Å². The third kappa shape index (κ3) is 3.72. The maximum absolute atomic E-state index is 14.0. The van der Waals surface area contributed by atoms with Crippen LogP contribution in [-0.2, 0) is 4.79 Å². The summed E-state index contributed by atoms with van der Waals surface area (Å²) in [5.41, 5.74) is 1.01. The number of hydrogen-bond donors (Lipinski definition) is 1. The highest BCUT2D eigenvalue weighted by Crippen LogP contribution is 2.39. The molecule has 0 aliphatic heterocycles. The van der Waals surface area contributed by atoms with Gasteiger partial charge < -0.3 is 19.5 Å². The Morgan fingerprint density at radius 3 is 2.63 bits per heavy atom. The van der Waals surface area contributed by atoms with E-state index in [0.717, 1.165) is 0 Å². The van der Waals surface area contributed by atoms with E-state index in [-0.39, 0.29) is 36.0 Å². The summed E-state index contributed by atoms with van der Waals surface area (Å²) in [5.74, 6) is -0.0144. The Morgan fingerprint density at radius 2 is 1.93 bits per heavy atom. The molecule has 0 saturated carbocycles. The predicted octanol–water partition coefficient (Wildman–Crippen LogP) is 3.55. The standard InChI is InChI=1S/C20H20FNO5/c1-11-8-15(23)20-17(7-5-13(21)19(11)20)27-10-18(24)22-14-9-12(25-2)4-6-16(14)26-3/h4-7,9,11H,8,10H2,1-3H3,(H,22,24)/t11-/m1/s1. The van der Waals surface area contributed by atoms with Gasteiger partial charge in [0, 0.05) is 18.1 Å². The molecular weight excluding hydrogens is 353 g/mol. The van der Waals surface area contributed by atoms with E-state index in [9.17, 15) is 14.0 Å². The van der Waals surface area contributed by atoms with Gasteiger partial charge in [-0.15, -0.1) is 0 Å². The minimum absolute atomic E-state index is 0.179. The number of Topliss-reactive ketones (excluding diaryl/α,β-unsaturated/α-hetero) is 1. The zero-order valence-electron chi connectivity index (χ0n) is 15.3. The molecule has 0 unspecified atom stereocenters. The first-order chi connectivity index (χ1) is 12.9. The molecule has 0 radical (unpaired) electrons. The highest BCUT2D eigenvalue weighted by molar-refractivity contribution is 6.04. The number of nitrogens with one attached hydrogen (secondary N) is 1. The van der Waals surface area contributed by atoms with Gasteiger partial charge in [-0.25, -0.2) is 4.39 Å². The van der Waals surface area contributed by atoms with Gasteiger partial charge in [-0.1, -0.05) is 6.92 Å². The van der Waals surface area contributed by atoms with Crippen molar-refractivity contribution in [3.63, 3.8) is 0 Å². The molecule has 142 valence electrons. The molecule has 0 saturated heterocycles. The average Bonchev–Trinajstić information content (AvgIpc) is 2.96. The van der Waals surface area contributed by atoms with Crippen molar-refractivity contribution in [3.8, 4) is 17.2 Å². The Balaban J connectivity index is 1.74. The number of methoxy groups -OCH3 is 2. The van der Waals surface area contributed by atoms with Crippen molar-refractivity contribution < 1.29 is 28.2 Å². The van der Waals surface area contributed by atoms with E-state index in [4.69, 9.17) is 14.2 Å². The van der Waals surface area contributed by atoms with Crippen LogP contribution in [0.5, 0.6) is 17.2 Å². The fourth-order valence-corrected chi connectivity index (χ4v) is 3.19. The average molecular weight is 373 g/mol. The topological polar surface area (TPSA) is 73.9 Å². The predicted molar refractivity (Wildman–Crippen MR) is 97.4 cm³/mol. The number of anilines is 1. The Hall–Kier alpha value is -3.09. The van der Waals surface area contributed by atoms with Crippen molar-refractivity contribution in [3.05, 3.63) is 47.3 Å². The normalized spacial score (nSPS) is 15.3. The fourth-order valence-electron chi connectivity index (χ4n) is 3.19. The van der Waals surface area contributed by atoms with E-state index in [2.05, 4.69) is 5.32 Å². The molecule has 0 bridgehead atoms. The van der Waals surface area contributed by atoms with Crippen LogP contribution in [0.3, 0.4) is 0 Å². The van der Waals surface area contributed by atoms with Crippen LogP contribution in [0, 0.1) is 5.82 Å². The van der Waals surface area contributed by atoms with Crippen LogP contribution in [0.2, 0.25) is 0 Å². The first kappa shape index (κ1) is 18.7. The molecule has 6 nitrogen and oxygen atoms in total. The summed E-state index contributed by atoms with van der Waals surface area (Å²) in [5, 5.41) is 2.68. The number of fused-ring (bicyclic) bond motifs is 1. The molecule has 7 heteroatoms. The lowest BCUT2D eigenvalue weighted by atomic mass is 10.0. The molecule has 0 aromatic heterocycles. The first-order valence-electron chi connectivity index (χ1n) is 8.44. The molecule has 1 N–H and O–H groups in total. The molecule has 1 aliphatic rings. The molecular formula is C20H20FNO5. The van der Waals surface area contributed by atoms with Crippen LogP contribution in [0.1, 0.15) is 35.2 Å². The lowest BCUT2D eigenvalue weighted by Crippen LogP contribution is -2.21. The van der Waals surface area contributed by atoms with Gasteiger partial charge in [-0.2, -0.15) is 0 Å². The minimum atomic E-state index is -0.446. The molecule has 2 aromatic carbocycles. The molecule has 3 rings (SSSR count).